The van der Waals surface area contributed by atoms with Gasteiger partial charge in [-0.25, -0.2) is 18.9 Å². The average Bonchev–Trinajstić information content (AvgIpc) is 3.32. The summed E-state index contributed by atoms with van der Waals surface area (Å²) >= 11 is 0. The van der Waals surface area contributed by atoms with Crippen molar-refractivity contribution < 1.29 is 23.6 Å². The minimum atomic E-state index is -1.12. The lowest BCUT2D eigenvalue weighted by Crippen LogP contribution is -2.25. The van der Waals surface area contributed by atoms with Gasteiger partial charge in [0.15, 0.2) is 11.6 Å². The first-order valence-corrected chi connectivity index (χ1v) is 10.3. The second-order valence-corrected chi connectivity index (χ2v) is 7.63. The number of pyridine rings is 1. The van der Waals surface area contributed by atoms with E-state index in [1.807, 2.05) is 30.3 Å². The number of nitrogens with zero attached hydrogens (tertiary/aromatic N) is 4. The van der Waals surface area contributed by atoms with E-state index in [2.05, 4.69) is 20.6 Å². The van der Waals surface area contributed by atoms with Crippen molar-refractivity contribution in [1.29, 1.82) is 0 Å². The zero-order chi connectivity index (χ0) is 24.1. The van der Waals surface area contributed by atoms with Crippen molar-refractivity contribution in [2.24, 2.45) is 0 Å². The molecule has 9 nitrogen and oxygen atoms in total. The lowest BCUT2D eigenvalue weighted by molar-refractivity contribution is -0.130. The molecule has 0 bridgehead atoms. The molecule has 0 radical (unpaired) electrons. The lowest BCUT2D eigenvalue weighted by Gasteiger charge is -2.16. The molecule has 0 saturated heterocycles. The minimum Gasteiger partial charge on any atom is -0.346 e. The van der Waals surface area contributed by atoms with Crippen molar-refractivity contribution >= 4 is 22.7 Å². The van der Waals surface area contributed by atoms with E-state index in [1.54, 1.807) is 17.9 Å². The van der Waals surface area contributed by atoms with Gasteiger partial charge in [-0.2, -0.15) is 0 Å². The van der Waals surface area contributed by atoms with Crippen molar-refractivity contribution in [1.82, 2.24) is 30.8 Å². The fourth-order valence-corrected chi connectivity index (χ4v) is 3.50. The van der Waals surface area contributed by atoms with E-state index in [4.69, 9.17) is 5.21 Å². The highest BCUT2D eigenvalue weighted by molar-refractivity contribution is 5.94. The Morgan fingerprint density at radius 3 is 2.71 bits per heavy atom. The molecule has 0 fully saturated rings. The number of benzene rings is 2. The summed E-state index contributed by atoms with van der Waals surface area (Å²) in [5, 5.41) is 20.6. The smallest absolute Gasteiger partial charge is 0.251 e. The number of hydroxylamine groups is 1. The third kappa shape index (κ3) is 5.38. The van der Waals surface area contributed by atoms with Gasteiger partial charge in [-0.3, -0.25) is 19.8 Å². The fraction of sp³-hybridized carbons (Fsp3) is 0.174. The van der Waals surface area contributed by atoms with Gasteiger partial charge >= 0.3 is 0 Å². The number of nitrogens with one attached hydrogen (secondary N) is 2. The van der Waals surface area contributed by atoms with E-state index < -0.39 is 29.5 Å². The maximum Gasteiger partial charge on any atom is 0.251 e. The number of hydrogen-bond acceptors (Lipinski definition) is 6. The third-order valence-electron chi connectivity index (χ3n) is 5.21. The van der Waals surface area contributed by atoms with Crippen LogP contribution in [0.5, 0.6) is 0 Å². The number of carbonyl (C=O) groups is 2. The van der Waals surface area contributed by atoms with Gasteiger partial charge in [0.2, 0.25) is 5.91 Å². The molecule has 0 aliphatic carbocycles. The topological polar surface area (TPSA) is 122 Å². The average molecular weight is 466 g/mol. The molecule has 0 saturated carbocycles. The molecule has 3 N–H and O–H groups in total. The van der Waals surface area contributed by atoms with Gasteiger partial charge in [0.1, 0.15) is 5.69 Å². The Morgan fingerprint density at radius 1 is 1.09 bits per heavy atom. The Bertz CT molecular complexity index is 1340. The summed E-state index contributed by atoms with van der Waals surface area (Å²) < 4.78 is 27.9. The number of fused-ring (bicyclic) bond motifs is 1. The Hall–Kier alpha value is -4.25. The van der Waals surface area contributed by atoms with Crippen molar-refractivity contribution in [2.45, 2.75) is 25.4 Å². The first-order valence-electron chi connectivity index (χ1n) is 10.3. The van der Waals surface area contributed by atoms with Crippen LogP contribution >= 0.6 is 0 Å². The van der Waals surface area contributed by atoms with Gasteiger partial charge in [-0.05, 0) is 42.3 Å². The zero-order valence-corrected chi connectivity index (χ0v) is 17.8. The van der Waals surface area contributed by atoms with Crippen LogP contribution in [0.2, 0.25) is 0 Å². The number of hydrogen-bond donors (Lipinski definition) is 3. The molecule has 0 aliphatic rings. The van der Waals surface area contributed by atoms with Crippen LogP contribution in [0.15, 0.2) is 60.9 Å². The molecule has 0 spiro atoms. The quantitative estimate of drug-likeness (QED) is 0.271. The van der Waals surface area contributed by atoms with E-state index in [-0.39, 0.29) is 18.5 Å². The van der Waals surface area contributed by atoms with Gasteiger partial charge in [0.05, 0.1) is 30.7 Å². The summed E-state index contributed by atoms with van der Waals surface area (Å²) in [4.78, 5) is 28.5. The summed E-state index contributed by atoms with van der Waals surface area (Å²) in [6.45, 7) is -0.0196. The largest absolute Gasteiger partial charge is 0.346 e. The van der Waals surface area contributed by atoms with Crippen LogP contribution in [0.3, 0.4) is 0 Å². The van der Waals surface area contributed by atoms with Crippen LogP contribution in [-0.2, 0) is 17.8 Å². The molecule has 34 heavy (non-hydrogen) atoms. The molecule has 11 heteroatoms. The number of carbonyl (C=O) groups excluding carboxylic acids is 2. The highest BCUT2D eigenvalue weighted by atomic mass is 19.2. The van der Waals surface area contributed by atoms with Crippen LogP contribution in [0.4, 0.5) is 8.78 Å². The van der Waals surface area contributed by atoms with E-state index in [0.717, 1.165) is 28.6 Å². The second-order valence-electron chi connectivity index (χ2n) is 7.63. The lowest BCUT2D eigenvalue weighted by atomic mass is 10.0. The van der Waals surface area contributed by atoms with Crippen molar-refractivity contribution in [2.75, 3.05) is 0 Å². The standard InChI is InChI=1S/C23H20F2N6O3/c24-19-6-5-16(9-20(19)25)23(33)27-12-17-13-31(30-28-17)18(10-22(32)29-34)8-14-7-15-3-1-2-4-21(15)26-11-14/h1-7,9,11,13,18,34H,8,10,12H2,(H,27,33)(H,29,32). The van der Waals surface area contributed by atoms with Crippen LogP contribution in [0.1, 0.15) is 34.1 Å². The van der Waals surface area contributed by atoms with Gasteiger partial charge < -0.3 is 5.32 Å². The summed E-state index contributed by atoms with van der Waals surface area (Å²) in [7, 11) is 0. The van der Waals surface area contributed by atoms with Gasteiger partial charge in [0.25, 0.3) is 5.91 Å². The maximum absolute atomic E-state index is 13.4. The van der Waals surface area contributed by atoms with Crippen molar-refractivity contribution in [3.8, 4) is 0 Å². The Kier molecular flexibility index (Phi) is 6.83. The molecule has 174 valence electrons. The molecule has 4 aromatic rings. The van der Waals surface area contributed by atoms with E-state index in [1.165, 1.54) is 10.7 Å². The summed E-state index contributed by atoms with van der Waals surface area (Å²) in [5.41, 5.74) is 3.68. The zero-order valence-electron chi connectivity index (χ0n) is 17.8. The highest BCUT2D eigenvalue weighted by Crippen LogP contribution is 2.20. The molecule has 1 atom stereocenters. The Balaban J connectivity index is 1.47. The summed E-state index contributed by atoms with van der Waals surface area (Å²) in [6, 6.07) is 12.0. The van der Waals surface area contributed by atoms with Gasteiger partial charge in [0, 0.05) is 17.1 Å². The van der Waals surface area contributed by atoms with Crippen molar-refractivity contribution in [3.63, 3.8) is 0 Å². The Morgan fingerprint density at radius 2 is 1.91 bits per heavy atom. The monoisotopic (exact) mass is 466 g/mol. The number of halogens is 2. The number of rotatable bonds is 8. The van der Waals surface area contributed by atoms with E-state index >= 15 is 0 Å². The predicted octanol–water partition coefficient (Wildman–Crippen LogP) is 2.71. The number of amides is 2. The normalized spacial score (nSPS) is 11.9. The number of para-hydroxylation sites is 1. The first kappa shape index (κ1) is 22.9. The second kappa shape index (κ2) is 10.1. The molecular weight excluding hydrogens is 446 g/mol. The maximum atomic E-state index is 13.4. The van der Waals surface area contributed by atoms with Crippen LogP contribution < -0.4 is 10.8 Å². The molecule has 2 aromatic heterocycles. The number of aromatic nitrogens is 4. The molecule has 4 rings (SSSR count). The first-order chi connectivity index (χ1) is 16.4. The molecular formula is C23H20F2N6O3. The van der Waals surface area contributed by atoms with E-state index in [0.29, 0.717) is 12.1 Å². The van der Waals surface area contributed by atoms with Gasteiger partial charge in [-0.15, -0.1) is 5.10 Å². The molecule has 2 heterocycles. The molecule has 0 aliphatic heterocycles. The molecule has 1 unspecified atom stereocenters. The summed E-state index contributed by atoms with van der Waals surface area (Å²) in [5.74, 6) is -3.36. The van der Waals surface area contributed by atoms with Crippen LogP contribution in [-0.4, -0.2) is 37.0 Å². The minimum absolute atomic E-state index is 0.0196. The fourth-order valence-electron chi connectivity index (χ4n) is 3.50. The molecule has 2 amide bonds. The predicted molar refractivity (Wildman–Crippen MR) is 117 cm³/mol. The Labute approximate surface area is 192 Å². The van der Waals surface area contributed by atoms with Crippen molar-refractivity contribution in [3.05, 3.63) is 89.4 Å². The van der Waals surface area contributed by atoms with Crippen LogP contribution in [0.25, 0.3) is 10.9 Å². The molecule has 2 aromatic carbocycles. The van der Waals surface area contributed by atoms with Gasteiger partial charge in [-0.1, -0.05) is 23.4 Å². The summed E-state index contributed by atoms with van der Waals surface area (Å²) in [6.07, 6.45) is 3.59. The van der Waals surface area contributed by atoms with E-state index in [9.17, 15) is 18.4 Å². The highest BCUT2D eigenvalue weighted by Gasteiger charge is 2.19. The third-order valence-corrected chi connectivity index (χ3v) is 5.21. The SMILES string of the molecule is O=C(CC(Cc1cnc2ccccc2c1)n1cc(CNC(=O)c2ccc(F)c(F)c2)nn1)NO. The van der Waals surface area contributed by atoms with Crippen LogP contribution in [0, 0.1) is 11.6 Å².